The molecule has 0 radical (unpaired) electrons. The summed E-state index contributed by atoms with van der Waals surface area (Å²) >= 11 is 3.71. The monoisotopic (exact) mass is 436 g/mol. The Balaban J connectivity index is 1.78. The van der Waals surface area contributed by atoms with Crippen molar-refractivity contribution >= 4 is 38.2 Å². The van der Waals surface area contributed by atoms with Gasteiger partial charge in [0.25, 0.3) is 0 Å². The van der Waals surface area contributed by atoms with Crippen LogP contribution in [-0.2, 0) is 10.2 Å². The quantitative estimate of drug-likeness (QED) is 0.459. The van der Waals surface area contributed by atoms with E-state index >= 15 is 0 Å². The Bertz CT molecular complexity index is 1090. The fraction of sp³-hybridized carbons (Fsp3) is 0.375. The molecule has 5 rings (SSSR count). The summed E-state index contributed by atoms with van der Waals surface area (Å²) in [6, 6.07) is 13.3. The molecular formula is C24H25BrN2O. The highest BCUT2D eigenvalue weighted by atomic mass is 79.9. The number of aryl methyl sites for hydroxylation is 2. The van der Waals surface area contributed by atoms with Crippen LogP contribution in [0.4, 0.5) is 11.4 Å². The van der Waals surface area contributed by atoms with E-state index in [1.165, 1.54) is 33.5 Å². The molecule has 3 heterocycles. The van der Waals surface area contributed by atoms with Gasteiger partial charge in [-0.2, -0.15) is 0 Å². The number of fused-ring (bicyclic) bond motifs is 3. The summed E-state index contributed by atoms with van der Waals surface area (Å²) < 4.78 is 6.86. The van der Waals surface area contributed by atoms with Gasteiger partial charge in [-0.1, -0.05) is 40.2 Å². The van der Waals surface area contributed by atoms with E-state index in [1.807, 2.05) is 0 Å². The van der Waals surface area contributed by atoms with Crippen LogP contribution in [0.2, 0.25) is 0 Å². The fourth-order valence-corrected chi connectivity index (χ4v) is 5.36. The van der Waals surface area contributed by atoms with Crippen molar-refractivity contribution in [2.45, 2.75) is 39.0 Å². The van der Waals surface area contributed by atoms with Gasteiger partial charge in [0.1, 0.15) is 0 Å². The first kappa shape index (κ1) is 18.1. The van der Waals surface area contributed by atoms with E-state index in [1.54, 1.807) is 0 Å². The molecule has 1 spiro atoms. The average molecular weight is 437 g/mol. The molecule has 0 bridgehead atoms. The predicted octanol–water partition coefficient (Wildman–Crippen LogP) is 6.12. The molecule has 1 aromatic heterocycles. The van der Waals surface area contributed by atoms with Crippen LogP contribution in [0.3, 0.4) is 0 Å². The third-order valence-corrected chi connectivity index (χ3v) is 7.17. The van der Waals surface area contributed by atoms with Gasteiger partial charge >= 0.3 is 0 Å². The number of nitrogens with zero attached hydrogens (tertiary/aromatic N) is 2. The number of pyridine rings is 1. The van der Waals surface area contributed by atoms with Gasteiger partial charge < -0.3 is 9.64 Å². The van der Waals surface area contributed by atoms with Crippen LogP contribution in [0.15, 0.2) is 40.9 Å². The molecule has 2 aliphatic heterocycles. The van der Waals surface area contributed by atoms with Crippen LogP contribution < -0.4 is 4.90 Å². The van der Waals surface area contributed by atoms with Crippen molar-refractivity contribution < 1.29 is 4.74 Å². The van der Waals surface area contributed by atoms with Crippen molar-refractivity contribution in [1.29, 1.82) is 0 Å². The largest absolute Gasteiger partial charge is 0.381 e. The molecule has 2 aromatic carbocycles. The summed E-state index contributed by atoms with van der Waals surface area (Å²) in [6.45, 7) is 9.20. The Kier molecular flexibility index (Phi) is 4.25. The van der Waals surface area contributed by atoms with Crippen LogP contribution >= 0.6 is 15.9 Å². The molecular weight excluding hydrogens is 412 g/mol. The minimum absolute atomic E-state index is 0.175. The molecule has 144 valence electrons. The maximum absolute atomic E-state index is 5.73. The van der Waals surface area contributed by atoms with Crippen LogP contribution in [0, 0.1) is 20.8 Å². The number of para-hydroxylation sites is 1. The molecule has 0 atom stereocenters. The topological polar surface area (TPSA) is 25.4 Å². The zero-order valence-electron chi connectivity index (χ0n) is 16.7. The number of halogens is 1. The van der Waals surface area contributed by atoms with Gasteiger partial charge in [0.15, 0.2) is 0 Å². The number of rotatable bonds is 1. The highest BCUT2D eigenvalue weighted by molar-refractivity contribution is 9.10. The second kappa shape index (κ2) is 6.57. The van der Waals surface area contributed by atoms with E-state index in [0.29, 0.717) is 0 Å². The third-order valence-electron chi connectivity index (χ3n) is 6.67. The SMILES string of the molecule is Cc1nc2c(C)cccc2c(N2CC3(CCOCC3)c3ccc(Br)cc32)c1C. The lowest BCUT2D eigenvalue weighted by Crippen LogP contribution is -2.37. The highest BCUT2D eigenvalue weighted by Crippen LogP contribution is 2.52. The Morgan fingerprint density at radius 2 is 1.86 bits per heavy atom. The molecule has 2 aliphatic rings. The van der Waals surface area contributed by atoms with E-state index in [2.05, 4.69) is 78.0 Å². The molecule has 3 aromatic rings. The Morgan fingerprint density at radius 1 is 1.07 bits per heavy atom. The maximum atomic E-state index is 5.73. The van der Waals surface area contributed by atoms with Crippen molar-refractivity contribution in [3.63, 3.8) is 0 Å². The van der Waals surface area contributed by atoms with Crippen LogP contribution in [0.25, 0.3) is 10.9 Å². The van der Waals surface area contributed by atoms with Gasteiger partial charge in [0.2, 0.25) is 0 Å². The molecule has 0 unspecified atom stereocenters. The number of anilines is 2. The smallest absolute Gasteiger partial charge is 0.0755 e. The first-order chi connectivity index (χ1) is 13.5. The van der Waals surface area contributed by atoms with Crippen LogP contribution in [-0.4, -0.2) is 24.7 Å². The average Bonchev–Trinajstić information content (AvgIpc) is 2.97. The van der Waals surface area contributed by atoms with Crippen molar-refractivity contribution in [2.24, 2.45) is 0 Å². The zero-order chi connectivity index (χ0) is 19.5. The van der Waals surface area contributed by atoms with Gasteiger partial charge in [0.05, 0.1) is 11.2 Å². The van der Waals surface area contributed by atoms with Gasteiger partial charge in [0, 0.05) is 46.4 Å². The molecule has 4 heteroatoms. The van der Waals surface area contributed by atoms with Crippen molar-refractivity contribution in [3.8, 4) is 0 Å². The number of aromatic nitrogens is 1. The first-order valence-corrected chi connectivity index (χ1v) is 10.8. The molecule has 0 amide bonds. The summed E-state index contributed by atoms with van der Waals surface area (Å²) in [5.74, 6) is 0. The summed E-state index contributed by atoms with van der Waals surface area (Å²) in [6.07, 6.45) is 2.16. The van der Waals surface area contributed by atoms with Crippen LogP contribution in [0.5, 0.6) is 0 Å². The first-order valence-electron chi connectivity index (χ1n) is 10.0. The normalized spacial score (nSPS) is 18.1. The van der Waals surface area contributed by atoms with Crippen molar-refractivity contribution in [3.05, 3.63) is 63.3 Å². The highest BCUT2D eigenvalue weighted by Gasteiger charge is 2.44. The predicted molar refractivity (Wildman–Crippen MR) is 119 cm³/mol. The van der Waals surface area contributed by atoms with E-state index in [9.17, 15) is 0 Å². The zero-order valence-corrected chi connectivity index (χ0v) is 18.3. The summed E-state index contributed by atoms with van der Waals surface area (Å²) in [5.41, 5.74) is 9.01. The molecule has 0 N–H and O–H groups in total. The standard InChI is InChI=1S/C24H25BrN2O/c1-15-5-4-6-19-22(15)26-17(3)16(2)23(19)27-14-24(9-11-28-12-10-24)20-8-7-18(25)13-21(20)27/h4-8,13H,9-12,14H2,1-3H3. The third kappa shape index (κ3) is 2.61. The van der Waals surface area contributed by atoms with E-state index in [-0.39, 0.29) is 5.41 Å². The Labute approximate surface area is 174 Å². The number of benzene rings is 2. The van der Waals surface area contributed by atoms with E-state index in [0.717, 1.165) is 48.3 Å². The van der Waals surface area contributed by atoms with Gasteiger partial charge in [-0.3, -0.25) is 4.98 Å². The summed E-state index contributed by atoms with van der Waals surface area (Å²) in [4.78, 5) is 7.48. The summed E-state index contributed by atoms with van der Waals surface area (Å²) in [7, 11) is 0. The maximum Gasteiger partial charge on any atom is 0.0755 e. The Hall–Kier alpha value is -1.91. The van der Waals surface area contributed by atoms with Crippen molar-refractivity contribution in [1.82, 2.24) is 4.98 Å². The minimum atomic E-state index is 0.175. The van der Waals surface area contributed by atoms with Crippen LogP contribution in [0.1, 0.15) is 35.2 Å². The second-order valence-corrected chi connectivity index (χ2v) is 9.20. The number of hydrogen-bond donors (Lipinski definition) is 0. The lowest BCUT2D eigenvalue weighted by atomic mass is 9.76. The van der Waals surface area contributed by atoms with Gasteiger partial charge in [-0.25, -0.2) is 0 Å². The van der Waals surface area contributed by atoms with Crippen molar-refractivity contribution in [2.75, 3.05) is 24.7 Å². The number of hydrogen-bond acceptors (Lipinski definition) is 3. The fourth-order valence-electron chi connectivity index (χ4n) is 5.01. The number of ether oxygens (including phenoxy) is 1. The lowest BCUT2D eigenvalue weighted by molar-refractivity contribution is 0.0558. The molecule has 3 nitrogen and oxygen atoms in total. The minimum Gasteiger partial charge on any atom is -0.381 e. The molecule has 28 heavy (non-hydrogen) atoms. The molecule has 1 fully saturated rings. The Morgan fingerprint density at radius 3 is 2.64 bits per heavy atom. The summed E-state index contributed by atoms with van der Waals surface area (Å²) in [5, 5.41) is 1.25. The molecule has 0 aliphatic carbocycles. The molecule has 1 saturated heterocycles. The molecule has 0 saturated carbocycles. The van der Waals surface area contributed by atoms with E-state index in [4.69, 9.17) is 9.72 Å². The van der Waals surface area contributed by atoms with E-state index < -0.39 is 0 Å². The second-order valence-electron chi connectivity index (χ2n) is 8.28. The van der Waals surface area contributed by atoms with Gasteiger partial charge in [-0.05, 0) is 62.4 Å². The lowest BCUT2D eigenvalue weighted by Gasteiger charge is -2.35. The van der Waals surface area contributed by atoms with Gasteiger partial charge in [-0.15, -0.1) is 0 Å².